The number of amides is 1. The van der Waals surface area contributed by atoms with Crippen LogP contribution in [-0.2, 0) is 4.79 Å². The lowest BCUT2D eigenvalue weighted by molar-refractivity contribution is -0.123. The van der Waals surface area contributed by atoms with E-state index in [-0.39, 0.29) is 12.5 Å². The molecule has 0 aromatic rings. The summed E-state index contributed by atoms with van der Waals surface area (Å²) >= 11 is 0. The maximum Gasteiger partial charge on any atom is 0.220 e. The van der Waals surface area contributed by atoms with E-state index in [0.717, 1.165) is 38.5 Å². The van der Waals surface area contributed by atoms with Gasteiger partial charge in [0.05, 0.1) is 18.8 Å². The number of aliphatic hydroxyl groups excluding tert-OH is 2. The first kappa shape index (κ1) is 56.6. The van der Waals surface area contributed by atoms with Gasteiger partial charge in [0.1, 0.15) is 0 Å². The molecular formula is C54H103NO3. The summed E-state index contributed by atoms with van der Waals surface area (Å²) in [6, 6.07) is -0.643. The number of hydrogen-bond donors (Lipinski definition) is 3. The lowest BCUT2D eigenvalue weighted by Gasteiger charge is -2.19. The monoisotopic (exact) mass is 814 g/mol. The second-order valence-corrected chi connectivity index (χ2v) is 17.9. The van der Waals surface area contributed by atoms with E-state index in [1.807, 2.05) is 6.08 Å². The number of allylic oxidation sites excluding steroid dienone is 5. The van der Waals surface area contributed by atoms with Crippen LogP contribution in [0, 0.1) is 0 Å². The van der Waals surface area contributed by atoms with E-state index < -0.39 is 12.1 Å². The van der Waals surface area contributed by atoms with Crippen LogP contribution < -0.4 is 5.32 Å². The highest BCUT2D eigenvalue weighted by molar-refractivity contribution is 5.76. The molecule has 0 rings (SSSR count). The third-order valence-electron chi connectivity index (χ3n) is 12.1. The van der Waals surface area contributed by atoms with E-state index >= 15 is 0 Å². The number of nitrogens with one attached hydrogen (secondary N) is 1. The zero-order valence-corrected chi connectivity index (χ0v) is 39.3. The molecule has 0 spiro atoms. The van der Waals surface area contributed by atoms with Gasteiger partial charge >= 0.3 is 0 Å². The molecule has 0 fully saturated rings. The molecule has 3 N–H and O–H groups in total. The summed E-state index contributed by atoms with van der Waals surface area (Å²) in [7, 11) is 0. The zero-order chi connectivity index (χ0) is 42.1. The Balaban J connectivity index is 3.56. The number of aliphatic hydroxyl groups is 2. The van der Waals surface area contributed by atoms with Crippen molar-refractivity contribution in [2.75, 3.05) is 6.61 Å². The fourth-order valence-electron chi connectivity index (χ4n) is 8.10. The molecule has 0 aliphatic rings. The molecule has 0 aliphatic carbocycles. The van der Waals surface area contributed by atoms with Crippen LogP contribution in [0.2, 0.25) is 0 Å². The largest absolute Gasteiger partial charge is 0.394 e. The number of hydrogen-bond acceptors (Lipinski definition) is 3. The Hall–Kier alpha value is -1.39. The topological polar surface area (TPSA) is 69.6 Å². The molecule has 0 bridgehead atoms. The molecule has 0 heterocycles. The molecule has 1 amide bonds. The van der Waals surface area contributed by atoms with E-state index in [4.69, 9.17) is 0 Å². The number of carbonyl (C=O) groups is 1. The minimum absolute atomic E-state index is 0.0731. The second-order valence-electron chi connectivity index (χ2n) is 17.9. The highest BCUT2D eigenvalue weighted by atomic mass is 16.3. The first-order valence-electron chi connectivity index (χ1n) is 26.2. The van der Waals surface area contributed by atoms with Crippen LogP contribution in [0.25, 0.3) is 0 Å². The first-order valence-corrected chi connectivity index (χ1v) is 26.2. The van der Waals surface area contributed by atoms with E-state index in [2.05, 4.69) is 43.5 Å². The maximum absolute atomic E-state index is 12.4. The van der Waals surface area contributed by atoms with Crippen LogP contribution in [0.4, 0.5) is 0 Å². The van der Waals surface area contributed by atoms with Gasteiger partial charge in [-0.15, -0.1) is 0 Å². The highest BCUT2D eigenvalue weighted by Crippen LogP contribution is 2.17. The second kappa shape index (κ2) is 50.0. The third-order valence-corrected chi connectivity index (χ3v) is 12.1. The Morgan fingerprint density at radius 3 is 1.00 bits per heavy atom. The van der Waals surface area contributed by atoms with E-state index in [0.29, 0.717) is 6.42 Å². The molecule has 0 aliphatic heterocycles. The molecule has 2 atom stereocenters. The van der Waals surface area contributed by atoms with Crippen molar-refractivity contribution >= 4 is 5.91 Å². The Bertz CT molecular complexity index is 882. The minimum atomic E-state index is -0.868. The molecular weight excluding hydrogens is 711 g/mol. The van der Waals surface area contributed by atoms with E-state index in [9.17, 15) is 15.0 Å². The smallest absolute Gasteiger partial charge is 0.220 e. The Labute approximate surface area is 363 Å². The lowest BCUT2D eigenvalue weighted by Crippen LogP contribution is -2.45. The van der Waals surface area contributed by atoms with Crippen LogP contribution in [-0.4, -0.2) is 34.9 Å². The van der Waals surface area contributed by atoms with Gasteiger partial charge in [-0.05, 0) is 44.9 Å². The molecule has 2 unspecified atom stereocenters. The normalized spacial score (nSPS) is 13.1. The summed E-state index contributed by atoms with van der Waals surface area (Å²) in [5, 5.41) is 23.1. The van der Waals surface area contributed by atoms with Crippen molar-refractivity contribution in [3.05, 3.63) is 36.5 Å². The predicted molar refractivity (Wildman–Crippen MR) is 258 cm³/mol. The zero-order valence-electron chi connectivity index (χ0n) is 39.3. The van der Waals surface area contributed by atoms with E-state index in [1.165, 1.54) is 225 Å². The van der Waals surface area contributed by atoms with Crippen molar-refractivity contribution in [3.8, 4) is 0 Å². The fraction of sp³-hybridized carbons (Fsp3) is 0.870. The standard InChI is InChI=1S/C54H103NO3/c1-3-5-7-9-11-13-15-17-19-21-23-25-26-27-28-30-31-33-35-37-39-41-43-45-47-49-53(57)52(51-56)55-54(58)50-48-46-44-42-40-38-36-34-32-29-24-22-20-18-16-14-12-10-8-6-4-2/h31,33,39,41,47,49,52-53,56-57H,3-30,32,34-38,40,42-46,48,50-51H2,1-2H3,(H,55,58)/b33-31+,41-39+,49-47+. The van der Waals surface area contributed by atoms with Crippen molar-refractivity contribution < 1.29 is 15.0 Å². The summed E-state index contributed by atoms with van der Waals surface area (Å²) in [6.45, 7) is 4.32. The first-order chi connectivity index (χ1) is 28.7. The van der Waals surface area contributed by atoms with Gasteiger partial charge in [-0.3, -0.25) is 4.79 Å². The van der Waals surface area contributed by atoms with Gasteiger partial charge in [0.15, 0.2) is 0 Å². The van der Waals surface area contributed by atoms with Crippen molar-refractivity contribution in [1.82, 2.24) is 5.32 Å². The number of rotatable bonds is 48. The average Bonchev–Trinajstić information content (AvgIpc) is 3.23. The maximum atomic E-state index is 12.4. The summed E-state index contributed by atoms with van der Waals surface area (Å²) in [6.07, 6.45) is 67.2. The van der Waals surface area contributed by atoms with Crippen LogP contribution in [0.3, 0.4) is 0 Å². The molecule has 4 nitrogen and oxygen atoms in total. The average molecular weight is 814 g/mol. The Morgan fingerprint density at radius 1 is 0.397 bits per heavy atom. The van der Waals surface area contributed by atoms with Crippen molar-refractivity contribution in [1.29, 1.82) is 0 Å². The van der Waals surface area contributed by atoms with Crippen LogP contribution in [0.15, 0.2) is 36.5 Å². The Morgan fingerprint density at radius 2 is 0.672 bits per heavy atom. The third kappa shape index (κ3) is 45.7. The van der Waals surface area contributed by atoms with Gasteiger partial charge in [0.25, 0.3) is 0 Å². The summed E-state index contributed by atoms with van der Waals surface area (Å²) in [4.78, 5) is 12.4. The number of carbonyl (C=O) groups excluding carboxylic acids is 1. The Kier molecular flexibility index (Phi) is 48.8. The summed E-state index contributed by atoms with van der Waals surface area (Å²) in [5.74, 6) is -0.0731. The van der Waals surface area contributed by atoms with Crippen molar-refractivity contribution in [2.24, 2.45) is 0 Å². The molecule has 58 heavy (non-hydrogen) atoms. The van der Waals surface area contributed by atoms with Crippen LogP contribution in [0.1, 0.15) is 284 Å². The van der Waals surface area contributed by atoms with Gasteiger partial charge in [-0.25, -0.2) is 0 Å². The SMILES string of the molecule is CCCCCCCCCCCCCCCCC/C=C/CC/C=C/CC/C=C/C(O)C(CO)NC(=O)CCCCCCCCCCCCCCCCCCCCCCC. The highest BCUT2D eigenvalue weighted by Gasteiger charge is 2.17. The molecule has 0 aromatic carbocycles. The van der Waals surface area contributed by atoms with Crippen molar-refractivity contribution in [3.63, 3.8) is 0 Å². The molecule has 0 aromatic heterocycles. The number of unbranched alkanes of at least 4 members (excludes halogenated alkanes) is 37. The summed E-state index contributed by atoms with van der Waals surface area (Å²) in [5.41, 5.74) is 0. The van der Waals surface area contributed by atoms with Gasteiger partial charge in [0.2, 0.25) is 5.91 Å². The summed E-state index contributed by atoms with van der Waals surface area (Å²) < 4.78 is 0. The van der Waals surface area contributed by atoms with E-state index in [1.54, 1.807) is 6.08 Å². The molecule has 0 radical (unpaired) electrons. The van der Waals surface area contributed by atoms with Gasteiger partial charge in [0, 0.05) is 6.42 Å². The lowest BCUT2D eigenvalue weighted by atomic mass is 10.0. The quantitative estimate of drug-likeness (QED) is 0.0423. The van der Waals surface area contributed by atoms with Crippen LogP contribution in [0.5, 0.6) is 0 Å². The predicted octanol–water partition coefficient (Wildman–Crippen LogP) is 16.9. The molecule has 0 saturated carbocycles. The van der Waals surface area contributed by atoms with Crippen molar-refractivity contribution in [2.45, 2.75) is 296 Å². The molecule has 4 heteroatoms. The minimum Gasteiger partial charge on any atom is -0.394 e. The van der Waals surface area contributed by atoms with Gasteiger partial charge < -0.3 is 15.5 Å². The fourth-order valence-corrected chi connectivity index (χ4v) is 8.10. The van der Waals surface area contributed by atoms with Crippen LogP contribution >= 0.6 is 0 Å². The van der Waals surface area contributed by atoms with Gasteiger partial charge in [-0.2, -0.15) is 0 Å². The van der Waals surface area contributed by atoms with Gasteiger partial charge in [-0.1, -0.05) is 269 Å². The molecule has 342 valence electrons. The molecule has 0 saturated heterocycles.